The molecule has 10 nitrogen and oxygen atoms in total. The number of rotatable bonds is 8. The van der Waals surface area contributed by atoms with Crippen LogP contribution in [0.1, 0.15) is 12.0 Å². The van der Waals surface area contributed by atoms with E-state index in [1.54, 1.807) is 30.6 Å². The SMILES string of the molecule is O=C(O)C(=O)O.O=[N+]([O-])c1cccc(-c2ccc(OC[C@@H](O)CCc3cccnc3)cc2)c1. The number of carboxylic acids is 2. The van der Waals surface area contributed by atoms with Crippen molar-refractivity contribution in [3.8, 4) is 16.9 Å². The molecule has 0 fully saturated rings. The van der Waals surface area contributed by atoms with E-state index in [1.807, 2.05) is 30.3 Å². The van der Waals surface area contributed by atoms with Crippen molar-refractivity contribution in [1.82, 2.24) is 4.98 Å². The van der Waals surface area contributed by atoms with Crippen molar-refractivity contribution in [3.05, 3.63) is 88.7 Å². The molecule has 0 aliphatic carbocycles. The summed E-state index contributed by atoms with van der Waals surface area (Å²) < 4.78 is 5.64. The number of aromatic nitrogens is 1. The minimum atomic E-state index is -1.82. The van der Waals surface area contributed by atoms with Gasteiger partial charge in [-0.1, -0.05) is 30.3 Å². The van der Waals surface area contributed by atoms with E-state index in [-0.39, 0.29) is 12.3 Å². The van der Waals surface area contributed by atoms with Gasteiger partial charge >= 0.3 is 11.9 Å². The first-order valence-corrected chi connectivity index (χ1v) is 9.77. The molecule has 1 aromatic heterocycles. The van der Waals surface area contributed by atoms with Crippen LogP contribution in [-0.4, -0.2) is 49.9 Å². The number of pyridine rings is 1. The van der Waals surface area contributed by atoms with Gasteiger partial charge in [-0.25, -0.2) is 9.59 Å². The maximum Gasteiger partial charge on any atom is 0.414 e. The van der Waals surface area contributed by atoms with Gasteiger partial charge in [0.1, 0.15) is 12.4 Å². The molecule has 0 spiro atoms. The van der Waals surface area contributed by atoms with E-state index >= 15 is 0 Å². The second kappa shape index (κ2) is 12.5. The number of non-ortho nitro benzene ring substituents is 1. The fourth-order valence-corrected chi connectivity index (χ4v) is 2.70. The Morgan fingerprint density at radius 3 is 2.27 bits per heavy atom. The van der Waals surface area contributed by atoms with E-state index < -0.39 is 23.0 Å². The predicted molar refractivity (Wildman–Crippen MR) is 118 cm³/mol. The Morgan fingerprint density at radius 1 is 1.00 bits per heavy atom. The summed E-state index contributed by atoms with van der Waals surface area (Å²) in [6.07, 6.45) is 4.28. The fraction of sp³-hybridized carbons (Fsp3) is 0.174. The molecule has 3 rings (SSSR count). The molecule has 0 radical (unpaired) electrons. The van der Waals surface area contributed by atoms with Crippen LogP contribution in [0.15, 0.2) is 73.1 Å². The molecular weight excluding hydrogens is 432 g/mol. The van der Waals surface area contributed by atoms with E-state index in [0.717, 1.165) is 23.1 Å². The highest BCUT2D eigenvalue weighted by atomic mass is 16.6. The molecule has 10 heteroatoms. The lowest BCUT2D eigenvalue weighted by molar-refractivity contribution is -0.384. The minimum Gasteiger partial charge on any atom is -0.491 e. The van der Waals surface area contributed by atoms with E-state index in [9.17, 15) is 15.2 Å². The standard InChI is InChI=1S/C21H20N2O4.C2H2O4/c24-20(9-6-16-3-2-12-22-14-16)15-27-21-10-7-17(8-11-21)18-4-1-5-19(13-18)23(25)26;3-1(4)2(5)6/h1-5,7-8,10-14,20,24H,6,9,15H2;(H,3,4)(H,5,6)/t20-;/m0./s1. The van der Waals surface area contributed by atoms with E-state index in [0.29, 0.717) is 12.2 Å². The smallest absolute Gasteiger partial charge is 0.414 e. The van der Waals surface area contributed by atoms with Gasteiger partial charge in [0, 0.05) is 24.5 Å². The van der Waals surface area contributed by atoms with Gasteiger partial charge in [0.05, 0.1) is 11.0 Å². The lowest BCUT2D eigenvalue weighted by Gasteiger charge is -2.12. The lowest BCUT2D eigenvalue weighted by atomic mass is 10.1. The van der Waals surface area contributed by atoms with Crippen molar-refractivity contribution in [2.45, 2.75) is 18.9 Å². The molecule has 0 aliphatic heterocycles. The first kappa shape index (κ1) is 25.0. The summed E-state index contributed by atoms with van der Waals surface area (Å²) in [5.74, 6) is -3.00. The number of aryl methyl sites for hydroxylation is 1. The third kappa shape index (κ3) is 8.75. The quantitative estimate of drug-likeness (QED) is 0.264. The minimum absolute atomic E-state index is 0.0598. The number of aliphatic hydroxyl groups excluding tert-OH is 1. The van der Waals surface area contributed by atoms with Crippen LogP contribution in [0.5, 0.6) is 5.75 Å². The molecular formula is C23H22N2O8. The molecule has 172 valence electrons. The second-order valence-corrected chi connectivity index (χ2v) is 6.81. The number of hydrogen-bond donors (Lipinski definition) is 3. The molecule has 0 saturated carbocycles. The van der Waals surface area contributed by atoms with Crippen LogP contribution in [0, 0.1) is 10.1 Å². The average molecular weight is 454 g/mol. The van der Waals surface area contributed by atoms with Gasteiger partial charge in [-0.05, 0) is 47.7 Å². The number of carboxylic acid groups (broad SMARTS) is 2. The summed E-state index contributed by atoms with van der Waals surface area (Å²) in [7, 11) is 0. The second-order valence-electron chi connectivity index (χ2n) is 6.81. The summed E-state index contributed by atoms with van der Waals surface area (Å²) >= 11 is 0. The zero-order valence-corrected chi connectivity index (χ0v) is 17.4. The van der Waals surface area contributed by atoms with Crippen LogP contribution in [0.2, 0.25) is 0 Å². The maximum absolute atomic E-state index is 10.9. The van der Waals surface area contributed by atoms with Gasteiger partial charge in [0.2, 0.25) is 0 Å². The van der Waals surface area contributed by atoms with Gasteiger partial charge in [-0.2, -0.15) is 0 Å². The normalized spacial score (nSPS) is 10.9. The van der Waals surface area contributed by atoms with Gasteiger partial charge < -0.3 is 20.1 Å². The summed E-state index contributed by atoms with van der Waals surface area (Å²) in [5, 5.41) is 35.7. The number of carbonyl (C=O) groups is 2. The van der Waals surface area contributed by atoms with Crippen LogP contribution < -0.4 is 4.74 Å². The molecule has 2 aromatic carbocycles. The van der Waals surface area contributed by atoms with Crippen molar-refractivity contribution in [3.63, 3.8) is 0 Å². The summed E-state index contributed by atoms with van der Waals surface area (Å²) in [6.45, 7) is 0.205. The average Bonchev–Trinajstić information content (AvgIpc) is 2.83. The van der Waals surface area contributed by atoms with Gasteiger partial charge in [0.25, 0.3) is 5.69 Å². The summed E-state index contributed by atoms with van der Waals surface area (Å²) in [6, 6.07) is 17.6. The van der Waals surface area contributed by atoms with Gasteiger partial charge in [0.15, 0.2) is 0 Å². The molecule has 0 aliphatic rings. The first-order chi connectivity index (χ1) is 15.8. The molecule has 0 saturated heterocycles. The van der Waals surface area contributed by atoms with E-state index in [4.69, 9.17) is 24.5 Å². The van der Waals surface area contributed by atoms with Crippen LogP contribution in [0.3, 0.4) is 0 Å². The maximum atomic E-state index is 10.9. The van der Waals surface area contributed by atoms with Crippen LogP contribution in [-0.2, 0) is 16.0 Å². The Kier molecular flexibility index (Phi) is 9.47. The highest BCUT2D eigenvalue weighted by Crippen LogP contribution is 2.25. The van der Waals surface area contributed by atoms with Crippen molar-refractivity contribution in [2.24, 2.45) is 0 Å². The van der Waals surface area contributed by atoms with Crippen LogP contribution >= 0.6 is 0 Å². The molecule has 0 amide bonds. The molecule has 33 heavy (non-hydrogen) atoms. The lowest BCUT2D eigenvalue weighted by Crippen LogP contribution is -2.18. The number of nitro benzene ring substituents is 1. The molecule has 1 heterocycles. The Morgan fingerprint density at radius 2 is 1.70 bits per heavy atom. The van der Waals surface area contributed by atoms with Gasteiger partial charge in [-0.3, -0.25) is 15.1 Å². The fourth-order valence-electron chi connectivity index (χ4n) is 2.70. The topological polar surface area (TPSA) is 160 Å². The number of hydrogen-bond acceptors (Lipinski definition) is 7. The number of ether oxygens (including phenoxy) is 1. The number of aliphatic carboxylic acids is 2. The number of nitrogens with zero attached hydrogens (tertiary/aromatic N) is 2. The monoisotopic (exact) mass is 454 g/mol. The van der Waals surface area contributed by atoms with Crippen LogP contribution in [0.25, 0.3) is 11.1 Å². The predicted octanol–water partition coefficient (Wildman–Crippen LogP) is 3.18. The Bertz CT molecular complexity index is 1060. The zero-order chi connectivity index (χ0) is 24.2. The van der Waals surface area contributed by atoms with Crippen molar-refractivity contribution in [2.75, 3.05) is 6.61 Å². The molecule has 0 unspecified atom stereocenters. The number of aliphatic hydroxyl groups is 1. The molecule has 3 N–H and O–H groups in total. The first-order valence-electron chi connectivity index (χ1n) is 9.77. The summed E-state index contributed by atoms with van der Waals surface area (Å²) in [4.78, 5) is 32.7. The molecule has 1 atom stereocenters. The third-order valence-electron chi connectivity index (χ3n) is 4.36. The van der Waals surface area contributed by atoms with Crippen molar-refractivity contribution >= 4 is 17.6 Å². The number of nitro groups is 1. The summed E-state index contributed by atoms with van der Waals surface area (Å²) in [5.41, 5.74) is 2.78. The highest BCUT2D eigenvalue weighted by Gasteiger charge is 2.09. The van der Waals surface area contributed by atoms with Gasteiger partial charge in [-0.15, -0.1) is 0 Å². The van der Waals surface area contributed by atoms with E-state index in [2.05, 4.69) is 4.98 Å². The molecule has 3 aromatic rings. The van der Waals surface area contributed by atoms with Crippen LogP contribution in [0.4, 0.5) is 5.69 Å². The zero-order valence-electron chi connectivity index (χ0n) is 17.4. The Hall–Kier alpha value is -4.31. The Labute approximate surface area is 188 Å². The number of benzene rings is 2. The van der Waals surface area contributed by atoms with Crippen molar-refractivity contribution < 1.29 is 34.6 Å². The largest absolute Gasteiger partial charge is 0.491 e. The molecule has 0 bridgehead atoms. The Balaban J connectivity index is 0.000000569. The van der Waals surface area contributed by atoms with E-state index in [1.165, 1.54) is 12.1 Å². The third-order valence-corrected chi connectivity index (χ3v) is 4.36. The highest BCUT2D eigenvalue weighted by molar-refractivity contribution is 6.27. The van der Waals surface area contributed by atoms with Crippen molar-refractivity contribution in [1.29, 1.82) is 0 Å².